The zero-order valence-electron chi connectivity index (χ0n) is 8.88. The summed E-state index contributed by atoms with van der Waals surface area (Å²) in [5.74, 6) is -0.345. The molecule has 1 fully saturated rings. The van der Waals surface area contributed by atoms with Gasteiger partial charge in [0.2, 0.25) is 0 Å². The largest absolute Gasteiger partial charge is 0.504 e. The van der Waals surface area contributed by atoms with Crippen LogP contribution in [0.2, 0.25) is 0 Å². The summed E-state index contributed by atoms with van der Waals surface area (Å²) < 4.78 is 0. The SMILES string of the molecule is CC(=O)/C(N=NC1CC1)=C(/O)c1cccs1. The van der Waals surface area contributed by atoms with Crippen molar-refractivity contribution >= 4 is 22.9 Å². The second kappa shape index (κ2) is 4.57. The Morgan fingerprint density at radius 3 is 2.81 bits per heavy atom. The monoisotopic (exact) mass is 236 g/mol. The molecule has 0 atom stereocenters. The van der Waals surface area contributed by atoms with Gasteiger partial charge in [-0.3, -0.25) is 4.79 Å². The van der Waals surface area contributed by atoms with Crippen LogP contribution in [0.1, 0.15) is 24.6 Å². The lowest BCUT2D eigenvalue weighted by Gasteiger charge is -1.99. The molecule has 0 unspecified atom stereocenters. The van der Waals surface area contributed by atoms with Gasteiger partial charge in [0.25, 0.3) is 0 Å². The van der Waals surface area contributed by atoms with Crippen molar-refractivity contribution in [3.05, 3.63) is 28.1 Å². The van der Waals surface area contributed by atoms with E-state index in [1.54, 1.807) is 6.07 Å². The highest BCUT2D eigenvalue weighted by atomic mass is 32.1. The highest BCUT2D eigenvalue weighted by Gasteiger charge is 2.21. The number of rotatable bonds is 4. The van der Waals surface area contributed by atoms with E-state index in [-0.39, 0.29) is 23.3 Å². The van der Waals surface area contributed by atoms with Crippen molar-refractivity contribution in [2.24, 2.45) is 10.2 Å². The van der Waals surface area contributed by atoms with Gasteiger partial charge in [-0.25, -0.2) is 0 Å². The number of aliphatic hydroxyl groups excluding tert-OH is 1. The Labute approximate surface area is 97.3 Å². The number of hydrogen-bond donors (Lipinski definition) is 1. The molecule has 1 aliphatic rings. The lowest BCUT2D eigenvalue weighted by molar-refractivity contribution is -0.113. The van der Waals surface area contributed by atoms with Gasteiger partial charge in [0.15, 0.2) is 17.2 Å². The van der Waals surface area contributed by atoms with Gasteiger partial charge in [-0.1, -0.05) is 6.07 Å². The molecule has 0 bridgehead atoms. The molecular formula is C11H12N2O2S. The number of carbonyl (C=O) groups excluding carboxylic acids is 1. The van der Waals surface area contributed by atoms with Crippen molar-refractivity contribution in [1.82, 2.24) is 0 Å². The van der Waals surface area contributed by atoms with Gasteiger partial charge in [0.1, 0.15) is 0 Å². The summed E-state index contributed by atoms with van der Waals surface area (Å²) in [6.45, 7) is 1.38. The van der Waals surface area contributed by atoms with E-state index in [0.29, 0.717) is 4.88 Å². The number of carbonyl (C=O) groups is 1. The Balaban J connectivity index is 2.29. The predicted octanol–water partition coefficient (Wildman–Crippen LogP) is 3.18. The minimum atomic E-state index is -0.268. The van der Waals surface area contributed by atoms with Crippen LogP contribution in [-0.2, 0) is 4.79 Å². The fourth-order valence-corrected chi connectivity index (χ4v) is 1.81. The highest BCUT2D eigenvalue weighted by molar-refractivity contribution is 7.11. The summed E-state index contributed by atoms with van der Waals surface area (Å²) in [5, 5.41) is 19.6. The van der Waals surface area contributed by atoms with Gasteiger partial charge < -0.3 is 5.11 Å². The molecule has 16 heavy (non-hydrogen) atoms. The molecule has 1 aliphatic carbocycles. The van der Waals surface area contributed by atoms with Crippen LogP contribution in [0.4, 0.5) is 0 Å². The van der Waals surface area contributed by atoms with E-state index in [4.69, 9.17) is 0 Å². The van der Waals surface area contributed by atoms with Crippen molar-refractivity contribution in [2.75, 3.05) is 0 Å². The molecule has 0 radical (unpaired) electrons. The fraction of sp³-hybridized carbons (Fsp3) is 0.364. The van der Waals surface area contributed by atoms with E-state index in [1.165, 1.54) is 18.3 Å². The van der Waals surface area contributed by atoms with Crippen LogP contribution >= 0.6 is 11.3 Å². The smallest absolute Gasteiger partial charge is 0.183 e. The van der Waals surface area contributed by atoms with Gasteiger partial charge in [-0.05, 0) is 24.3 Å². The number of azo groups is 1. The molecule has 1 N–H and O–H groups in total. The third kappa shape index (κ3) is 2.55. The zero-order valence-corrected chi connectivity index (χ0v) is 9.70. The van der Waals surface area contributed by atoms with Gasteiger partial charge in [0.05, 0.1) is 10.9 Å². The first kappa shape index (κ1) is 11.0. The molecule has 0 aliphatic heterocycles. The third-order valence-electron chi connectivity index (χ3n) is 2.18. The predicted molar refractivity (Wildman–Crippen MR) is 62.4 cm³/mol. The summed E-state index contributed by atoms with van der Waals surface area (Å²) >= 11 is 1.36. The molecule has 1 saturated carbocycles. The van der Waals surface area contributed by atoms with Crippen molar-refractivity contribution in [1.29, 1.82) is 0 Å². The minimum Gasteiger partial charge on any atom is -0.504 e. The van der Waals surface area contributed by atoms with Crippen molar-refractivity contribution in [2.45, 2.75) is 25.8 Å². The summed E-state index contributed by atoms with van der Waals surface area (Å²) in [6.07, 6.45) is 2.04. The summed E-state index contributed by atoms with van der Waals surface area (Å²) in [5.41, 5.74) is 0.0503. The molecular weight excluding hydrogens is 224 g/mol. The first-order valence-corrected chi connectivity index (χ1v) is 5.95. The zero-order chi connectivity index (χ0) is 11.5. The van der Waals surface area contributed by atoms with E-state index in [1.807, 2.05) is 11.4 Å². The molecule has 1 aromatic heterocycles. The Kier molecular flexibility index (Phi) is 3.14. The molecule has 1 heterocycles. The molecule has 5 heteroatoms. The quantitative estimate of drug-likeness (QED) is 0.495. The maximum atomic E-state index is 11.3. The number of allylic oxidation sites excluding steroid dienone is 1. The molecule has 84 valence electrons. The number of Topliss-reactive ketones (excluding diaryl/α,β-unsaturated/α-hetero) is 1. The summed E-state index contributed by atoms with van der Waals surface area (Å²) in [4.78, 5) is 12.0. The molecule has 1 aromatic rings. The van der Waals surface area contributed by atoms with E-state index in [0.717, 1.165) is 12.8 Å². The van der Waals surface area contributed by atoms with Gasteiger partial charge >= 0.3 is 0 Å². The van der Waals surface area contributed by atoms with E-state index >= 15 is 0 Å². The Hall–Kier alpha value is -1.49. The van der Waals surface area contributed by atoms with Crippen molar-refractivity contribution in [3.8, 4) is 0 Å². The normalized spacial score (nSPS) is 17.6. The minimum absolute atomic E-state index is 0.0503. The number of aliphatic hydroxyl groups is 1. The van der Waals surface area contributed by atoms with Crippen LogP contribution in [0.3, 0.4) is 0 Å². The van der Waals surface area contributed by atoms with Crippen LogP contribution in [0.25, 0.3) is 5.76 Å². The average molecular weight is 236 g/mol. The van der Waals surface area contributed by atoms with E-state index in [2.05, 4.69) is 10.2 Å². The first-order valence-electron chi connectivity index (χ1n) is 5.07. The summed E-state index contributed by atoms with van der Waals surface area (Å²) in [6, 6.07) is 3.80. The van der Waals surface area contributed by atoms with Gasteiger partial charge in [-0.2, -0.15) is 5.11 Å². The maximum Gasteiger partial charge on any atom is 0.183 e. The number of hydrogen-bond acceptors (Lipinski definition) is 5. The molecule has 0 spiro atoms. The second-order valence-corrected chi connectivity index (χ2v) is 4.63. The van der Waals surface area contributed by atoms with Gasteiger partial charge in [-0.15, -0.1) is 16.5 Å². The lowest BCUT2D eigenvalue weighted by Crippen LogP contribution is -1.97. The maximum absolute atomic E-state index is 11.3. The number of ketones is 1. The van der Waals surface area contributed by atoms with Crippen LogP contribution < -0.4 is 0 Å². The van der Waals surface area contributed by atoms with Crippen molar-refractivity contribution < 1.29 is 9.90 Å². The average Bonchev–Trinajstić information content (AvgIpc) is 2.91. The molecule has 0 amide bonds. The van der Waals surface area contributed by atoms with Crippen LogP contribution in [0.15, 0.2) is 33.4 Å². The third-order valence-corrected chi connectivity index (χ3v) is 3.06. The van der Waals surface area contributed by atoms with E-state index in [9.17, 15) is 9.90 Å². The second-order valence-electron chi connectivity index (χ2n) is 3.68. The van der Waals surface area contributed by atoms with E-state index < -0.39 is 0 Å². The standard InChI is InChI=1S/C11H12N2O2S/c1-7(14)10(13-12-8-4-5-8)11(15)9-3-2-6-16-9/h2-3,6,8,15H,4-5H2,1H3/b11-10-,13-12?. The van der Waals surface area contributed by atoms with Crippen LogP contribution in [0.5, 0.6) is 0 Å². The molecule has 0 aromatic carbocycles. The topological polar surface area (TPSA) is 62.0 Å². The Morgan fingerprint density at radius 1 is 1.56 bits per heavy atom. The number of nitrogens with zero attached hydrogens (tertiary/aromatic N) is 2. The Morgan fingerprint density at radius 2 is 2.31 bits per heavy atom. The number of thiophene rings is 1. The van der Waals surface area contributed by atoms with Crippen LogP contribution in [-0.4, -0.2) is 16.9 Å². The first-order chi connectivity index (χ1) is 7.68. The molecule has 4 nitrogen and oxygen atoms in total. The van der Waals surface area contributed by atoms with Gasteiger partial charge in [0, 0.05) is 6.92 Å². The molecule has 0 saturated heterocycles. The molecule has 2 rings (SSSR count). The fourth-order valence-electron chi connectivity index (χ4n) is 1.14. The Bertz CT molecular complexity index is 445. The lowest BCUT2D eigenvalue weighted by atomic mass is 10.2. The summed E-state index contributed by atoms with van der Waals surface area (Å²) in [7, 11) is 0. The highest BCUT2D eigenvalue weighted by Crippen LogP contribution is 2.27. The van der Waals surface area contributed by atoms with Crippen molar-refractivity contribution in [3.63, 3.8) is 0 Å². The van der Waals surface area contributed by atoms with Crippen LogP contribution in [0, 0.1) is 0 Å².